The summed E-state index contributed by atoms with van der Waals surface area (Å²) in [5.41, 5.74) is 0. The molecule has 0 spiro atoms. The maximum absolute atomic E-state index is 9.51. The largest absolute Gasteiger partial charge is 3.00 e. The van der Waals surface area contributed by atoms with E-state index in [9.17, 15) is 77.8 Å². The van der Waals surface area contributed by atoms with Crippen molar-refractivity contribution < 1.29 is 113 Å². The molecule has 0 N–H and O–H groups in total. The molecule has 0 atom stereocenters. The van der Waals surface area contributed by atoms with Crippen LogP contribution in [0.3, 0.4) is 0 Å². The summed E-state index contributed by atoms with van der Waals surface area (Å²) < 4.78 is 171. The van der Waals surface area contributed by atoms with Crippen molar-refractivity contribution in [2.75, 3.05) is 15.3 Å². The zero-order valence-electron chi connectivity index (χ0n) is 12.7. The summed E-state index contributed by atoms with van der Waals surface area (Å²) in [6.07, 6.45) is 0. The van der Waals surface area contributed by atoms with Crippen molar-refractivity contribution >= 4 is 60.7 Å². The van der Waals surface area contributed by atoms with Crippen molar-refractivity contribution in [1.29, 1.82) is 0 Å². The SMILES string of the molecule is O=S(=O)([O-])CS(=O)(=O)[O-].O=S(=O)([O-])CS(=O)(=O)[O-].O=S(=O)([O-])CS(=O)(=O)[O-].[Cr+3].[Cr+3]. The summed E-state index contributed by atoms with van der Waals surface area (Å²) in [6, 6.07) is 0. The molecule has 26 heteroatoms. The van der Waals surface area contributed by atoms with Crippen LogP contribution in [0.4, 0.5) is 0 Å². The fourth-order valence-electron chi connectivity index (χ4n) is 0.530. The summed E-state index contributed by atoms with van der Waals surface area (Å²) in [4.78, 5) is 0. The minimum atomic E-state index is -4.93. The molecule has 0 aromatic heterocycles. The van der Waals surface area contributed by atoms with Gasteiger partial charge in [-0.1, -0.05) is 0 Å². The van der Waals surface area contributed by atoms with Crippen LogP contribution in [0.15, 0.2) is 0 Å². The van der Waals surface area contributed by atoms with E-state index in [4.69, 9.17) is 0 Å². The maximum atomic E-state index is 9.51. The van der Waals surface area contributed by atoms with Gasteiger partial charge in [-0.05, 0) is 0 Å². The Morgan fingerprint density at radius 3 is 0.379 bits per heavy atom. The minimum absolute atomic E-state index is 0. The average Bonchev–Trinajstić information content (AvgIpc) is 1.96. The van der Waals surface area contributed by atoms with Gasteiger partial charge in [0.15, 0.2) is 0 Å². The van der Waals surface area contributed by atoms with Crippen LogP contribution in [-0.4, -0.2) is 93.1 Å². The molecule has 0 amide bonds. The van der Waals surface area contributed by atoms with E-state index in [1.165, 1.54) is 0 Å². The van der Waals surface area contributed by atoms with Gasteiger partial charge in [-0.25, -0.2) is 50.5 Å². The zero-order chi connectivity index (χ0) is 23.1. The second-order valence-electron chi connectivity index (χ2n) is 3.70. The Kier molecular flexibility index (Phi) is 19.1. The van der Waals surface area contributed by atoms with E-state index in [1.54, 1.807) is 0 Å². The summed E-state index contributed by atoms with van der Waals surface area (Å²) >= 11 is 0. The summed E-state index contributed by atoms with van der Waals surface area (Å²) in [6.45, 7) is 0. The average molecular weight is 626 g/mol. The van der Waals surface area contributed by atoms with Crippen LogP contribution in [0, 0.1) is 0 Å². The number of hydrogen-bond donors (Lipinski definition) is 0. The third-order valence-corrected chi connectivity index (χ3v) is 7.79. The minimum Gasteiger partial charge on any atom is -0.747 e. The Hall–Kier alpha value is 0.525. The first-order valence-corrected chi connectivity index (χ1v) is 14.2. The quantitative estimate of drug-likeness (QED) is 0.248. The Labute approximate surface area is 187 Å². The predicted octanol–water partition coefficient (Wildman–Crippen LogP) is -5.90. The zero-order valence-corrected chi connectivity index (χ0v) is 20.2. The first kappa shape index (κ1) is 39.9. The van der Waals surface area contributed by atoms with Crippen molar-refractivity contribution in [3.63, 3.8) is 0 Å². The van der Waals surface area contributed by atoms with Crippen LogP contribution >= 0.6 is 0 Å². The molecule has 0 rings (SSSR count). The van der Waals surface area contributed by atoms with Crippen molar-refractivity contribution in [1.82, 2.24) is 0 Å². The normalized spacial score (nSPS) is 12.6. The Morgan fingerprint density at radius 2 is 0.379 bits per heavy atom. The number of hydrogen-bond acceptors (Lipinski definition) is 18. The molecular formula is C3H6Cr2O18S6. The molecule has 0 aliphatic heterocycles. The van der Waals surface area contributed by atoms with E-state index in [1.807, 2.05) is 0 Å². The van der Waals surface area contributed by atoms with E-state index < -0.39 is 76.0 Å². The van der Waals surface area contributed by atoms with Crippen molar-refractivity contribution in [2.24, 2.45) is 0 Å². The molecule has 0 saturated carbocycles. The monoisotopic (exact) mass is 626 g/mol. The van der Waals surface area contributed by atoms with Crippen LogP contribution in [-0.2, 0) is 95.4 Å². The van der Waals surface area contributed by atoms with E-state index >= 15 is 0 Å². The molecular weight excluding hydrogens is 620 g/mol. The van der Waals surface area contributed by atoms with E-state index in [0.29, 0.717) is 0 Å². The second kappa shape index (κ2) is 13.8. The molecule has 0 aliphatic carbocycles. The van der Waals surface area contributed by atoms with Crippen molar-refractivity contribution in [3.05, 3.63) is 0 Å². The molecule has 0 aliphatic rings. The van der Waals surface area contributed by atoms with E-state index in [-0.39, 0.29) is 34.7 Å². The van der Waals surface area contributed by atoms with Gasteiger partial charge in [-0.2, -0.15) is 0 Å². The van der Waals surface area contributed by atoms with Gasteiger partial charge in [-0.3, -0.25) is 0 Å². The van der Waals surface area contributed by atoms with Crippen LogP contribution in [0.25, 0.3) is 0 Å². The molecule has 0 bridgehead atoms. The molecule has 0 unspecified atom stereocenters. The Bertz CT molecular complexity index is 866. The summed E-state index contributed by atoms with van der Waals surface area (Å²) in [5.74, 6) is 0. The number of rotatable bonds is 6. The second-order valence-corrected chi connectivity index (χ2v) is 13.2. The summed E-state index contributed by atoms with van der Waals surface area (Å²) in [7, 11) is -29.6. The van der Waals surface area contributed by atoms with Gasteiger partial charge in [0.25, 0.3) is 0 Å². The first-order chi connectivity index (χ1) is 11.1. The van der Waals surface area contributed by atoms with Crippen molar-refractivity contribution in [2.45, 2.75) is 0 Å². The van der Waals surface area contributed by atoms with Gasteiger partial charge in [0, 0.05) is 0 Å². The molecule has 0 aromatic rings. The fraction of sp³-hybridized carbons (Fsp3) is 1.00. The molecule has 0 aromatic carbocycles. The molecule has 0 heterocycles. The van der Waals surface area contributed by atoms with E-state index in [0.717, 1.165) is 0 Å². The van der Waals surface area contributed by atoms with Crippen LogP contribution in [0.1, 0.15) is 0 Å². The Morgan fingerprint density at radius 1 is 0.310 bits per heavy atom. The Balaban J connectivity index is -0.0000000960. The van der Waals surface area contributed by atoms with Gasteiger partial charge in [-0.15, -0.1) is 0 Å². The standard InChI is InChI=1S/3CH4O6S2.2Cr/c3*2-8(3,4)1-9(5,6)7;;/h3*1H2,(H,2,3,4)(H,5,6,7);;/q;;;2*+3/p-6. The van der Waals surface area contributed by atoms with Crippen LogP contribution in [0.2, 0.25) is 0 Å². The third-order valence-electron chi connectivity index (χ3n) is 0.866. The topological polar surface area (TPSA) is 343 Å². The van der Waals surface area contributed by atoms with Gasteiger partial charge in [0.2, 0.25) is 0 Å². The molecule has 29 heavy (non-hydrogen) atoms. The molecule has 2 radical (unpaired) electrons. The van der Waals surface area contributed by atoms with Gasteiger partial charge < -0.3 is 27.3 Å². The van der Waals surface area contributed by atoms with Gasteiger partial charge in [0.05, 0.1) is 0 Å². The van der Waals surface area contributed by atoms with Crippen LogP contribution in [0.5, 0.6) is 0 Å². The maximum Gasteiger partial charge on any atom is 3.00 e. The molecule has 174 valence electrons. The fourth-order valence-corrected chi connectivity index (χ4v) is 4.77. The molecule has 0 fully saturated rings. The summed E-state index contributed by atoms with van der Waals surface area (Å²) in [5, 5.41) is -5.62. The van der Waals surface area contributed by atoms with Crippen LogP contribution < -0.4 is 0 Å². The molecule has 0 saturated heterocycles. The van der Waals surface area contributed by atoms with E-state index in [2.05, 4.69) is 0 Å². The smallest absolute Gasteiger partial charge is 0.747 e. The third kappa shape index (κ3) is 58.5. The molecule has 18 nitrogen and oxygen atoms in total. The van der Waals surface area contributed by atoms with Gasteiger partial charge >= 0.3 is 34.7 Å². The predicted molar refractivity (Wildman–Crippen MR) is 72.8 cm³/mol. The first-order valence-electron chi connectivity index (χ1n) is 4.73. The van der Waals surface area contributed by atoms with Gasteiger partial charge in [0.1, 0.15) is 76.0 Å². The van der Waals surface area contributed by atoms with Crippen molar-refractivity contribution in [3.8, 4) is 0 Å².